The Morgan fingerprint density at radius 1 is 1.04 bits per heavy atom. The van der Waals surface area contributed by atoms with Crippen molar-refractivity contribution in [2.24, 2.45) is 0 Å². The van der Waals surface area contributed by atoms with E-state index in [4.69, 9.17) is 32.7 Å². The van der Waals surface area contributed by atoms with Crippen molar-refractivity contribution in [2.45, 2.75) is 12.8 Å². The average Bonchev–Trinajstić information content (AvgIpc) is 2.57. The fraction of sp³-hybridized carbons (Fsp3) is 0.278. The lowest BCUT2D eigenvalue weighted by Gasteiger charge is -2.11. The van der Waals surface area contributed by atoms with Crippen LogP contribution < -0.4 is 14.8 Å². The van der Waals surface area contributed by atoms with Crippen molar-refractivity contribution in [3.8, 4) is 11.5 Å². The van der Waals surface area contributed by atoms with Crippen LogP contribution in [-0.2, 0) is 17.6 Å². The van der Waals surface area contributed by atoms with Gasteiger partial charge in [-0.2, -0.15) is 0 Å². The maximum absolute atomic E-state index is 12.1. The third-order valence-corrected chi connectivity index (χ3v) is 4.16. The summed E-state index contributed by atoms with van der Waals surface area (Å²) in [6, 6.07) is 10.7. The predicted octanol–water partition coefficient (Wildman–Crippen LogP) is 3.91. The van der Waals surface area contributed by atoms with Gasteiger partial charge in [-0.05, 0) is 30.2 Å². The minimum Gasteiger partial charge on any atom is -0.497 e. The molecule has 0 bridgehead atoms. The molecule has 0 spiro atoms. The van der Waals surface area contributed by atoms with Crippen LogP contribution in [0.3, 0.4) is 0 Å². The molecule has 24 heavy (non-hydrogen) atoms. The maximum Gasteiger partial charge on any atom is 0.224 e. The fourth-order valence-corrected chi connectivity index (χ4v) is 2.80. The van der Waals surface area contributed by atoms with Crippen LogP contribution in [0.2, 0.25) is 10.0 Å². The Labute approximate surface area is 151 Å². The zero-order valence-corrected chi connectivity index (χ0v) is 15.1. The van der Waals surface area contributed by atoms with Gasteiger partial charge in [0.1, 0.15) is 11.5 Å². The number of amides is 1. The van der Waals surface area contributed by atoms with Crippen LogP contribution in [0.1, 0.15) is 11.1 Å². The molecule has 2 aromatic rings. The van der Waals surface area contributed by atoms with E-state index in [0.717, 1.165) is 11.1 Å². The second-order valence-electron chi connectivity index (χ2n) is 5.19. The number of ether oxygens (including phenoxy) is 2. The molecule has 4 nitrogen and oxygen atoms in total. The first-order valence-electron chi connectivity index (χ1n) is 7.45. The first-order valence-corrected chi connectivity index (χ1v) is 8.20. The number of rotatable bonds is 7. The van der Waals surface area contributed by atoms with Crippen LogP contribution in [0.15, 0.2) is 36.4 Å². The second kappa shape index (κ2) is 8.81. The van der Waals surface area contributed by atoms with Crippen LogP contribution >= 0.6 is 23.2 Å². The van der Waals surface area contributed by atoms with Gasteiger partial charge in [0, 0.05) is 28.2 Å². The van der Waals surface area contributed by atoms with Crippen molar-refractivity contribution >= 4 is 29.1 Å². The minimum atomic E-state index is -0.0800. The molecule has 0 aliphatic rings. The Morgan fingerprint density at radius 2 is 1.79 bits per heavy atom. The number of hydrogen-bond donors (Lipinski definition) is 1. The molecule has 0 saturated carbocycles. The highest BCUT2D eigenvalue weighted by atomic mass is 35.5. The van der Waals surface area contributed by atoms with Crippen molar-refractivity contribution in [3.05, 3.63) is 57.6 Å². The summed E-state index contributed by atoms with van der Waals surface area (Å²) in [5, 5.41) is 4.09. The van der Waals surface area contributed by atoms with E-state index in [2.05, 4.69) is 5.32 Å². The summed E-state index contributed by atoms with van der Waals surface area (Å²) < 4.78 is 10.4. The normalized spacial score (nSPS) is 10.3. The highest BCUT2D eigenvalue weighted by Gasteiger charge is 2.10. The smallest absolute Gasteiger partial charge is 0.224 e. The molecule has 0 saturated heterocycles. The Bertz CT molecular complexity index is 719. The second-order valence-corrected chi connectivity index (χ2v) is 6.03. The van der Waals surface area contributed by atoms with Gasteiger partial charge in [0.2, 0.25) is 5.91 Å². The standard InChI is InChI=1S/C18H19Cl2NO3/c1-23-15-6-4-13(17(11-15)24-2)9-18(22)21-8-7-12-3-5-14(19)10-16(12)20/h3-6,10-11H,7-9H2,1-2H3,(H,21,22). The number of carbonyl (C=O) groups is 1. The molecule has 1 N–H and O–H groups in total. The van der Waals surface area contributed by atoms with Crippen LogP contribution in [0.4, 0.5) is 0 Å². The van der Waals surface area contributed by atoms with Crippen molar-refractivity contribution in [1.29, 1.82) is 0 Å². The number of hydrogen-bond acceptors (Lipinski definition) is 3. The van der Waals surface area contributed by atoms with Gasteiger partial charge in [0.05, 0.1) is 20.6 Å². The van der Waals surface area contributed by atoms with Gasteiger partial charge in [0.15, 0.2) is 0 Å². The summed E-state index contributed by atoms with van der Waals surface area (Å²) in [5.41, 5.74) is 1.75. The van der Waals surface area contributed by atoms with Gasteiger partial charge in [-0.1, -0.05) is 35.3 Å². The summed E-state index contributed by atoms with van der Waals surface area (Å²) >= 11 is 12.0. The summed E-state index contributed by atoms with van der Waals surface area (Å²) in [6.07, 6.45) is 0.878. The van der Waals surface area contributed by atoms with Crippen molar-refractivity contribution in [2.75, 3.05) is 20.8 Å². The van der Waals surface area contributed by atoms with E-state index >= 15 is 0 Å². The lowest BCUT2D eigenvalue weighted by atomic mass is 10.1. The number of methoxy groups -OCH3 is 2. The quantitative estimate of drug-likeness (QED) is 0.806. The summed E-state index contributed by atoms with van der Waals surface area (Å²) in [5.74, 6) is 1.24. The van der Waals surface area contributed by atoms with Crippen molar-refractivity contribution in [3.63, 3.8) is 0 Å². The number of halogens is 2. The van der Waals surface area contributed by atoms with E-state index in [9.17, 15) is 4.79 Å². The van der Waals surface area contributed by atoms with Gasteiger partial charge in [0.25, 0.3) is 0 Å². The minimum absolute atomic E-state index is 0.0800. The van der Waals surface area contributed by atoms with E-state index in [0.29, 0.717) is 34.5 Å². The summed E-state index contributed by atoms with van der Waals surface area (Å²) in [6.45, 7) is 0.499. The zero-order valence-electron chi connectivity index (χ0n) is 13.6. The molecule has 128 valence electrons. The number of benzene rings is 2. The van der Waals surface area contributed by atoms with E-state index in [1.54, 1.807) is 38.5 Å². The molecule has 0 fully saturated rings. The Balaban J connectivity index is 1.89. The van der Waals surface area contributed by atoms with Gasteiger partial charge < -0.3 is 14.8 Å². The zero-order chi connectivity index (χ0) is 17.5. The van der Waals surface area contributed by atoms with Gasteiger partial charge in [-0.25, -0.2) is 0 Å². The number of nitrogens with one attached hydrogen (secondary N) is 1. The SMILES string of the molecule is COc1ccc(CC(=O)NCCc2ccc(Cl)cc2Cl)c(OC)c1. The fourth-order valence-electron chi connectivity index (χ4n) is 2.29. The largest absolute Gasteiger partial charge is 0.497 e. The topological polar surface area (TPSA) is 47.6 Å². The average molecular weight is 368 g/mol. The third kappa shape index (κ3) is 5.05. The number of carbonyl (C=O) groups excluding carboxylic acids is 1. The maximum atomic E-state index is 12.1. The third-order valence-electron chi connectivity index (χ3n) is 3.58. The molecule has 2 rings (SSSR count). The monoisotopic (exact) mass is 367 g/mol. The summed E-state index contributed by atoms with van der Waals surface area (Å²) in [7, 11) is 3.15. The molecule has 0 unspecified atom stereocenters. The molecule has 0 aliphatic carbocycles. The Hall–Kier alpha value is -1.91. The molecule has 6 heteroatoms. The van der Waals surface area contributed by atoms with Crippen molar-refractivity contribution in [1.82, 2.24) is 5.32 Å². The first-order chi connectivity index (χ1) is 11.5. The molecule has 0 aliphatic heterocycles. The molecule has 0 radical (unpaired) electrons. The molecule has 2 aromatic carbocycles. The first kappa shape index (κ1) is 18.4. The van der Waals surface area contributed by atoms with E-state index in [1.807, 2.05) is 12.1 Å². The van der Waals surface area contributed by atoms with Crippen LogP contribution in [0, 0.1) is 0 Å². The van der Waals surface area contributed by atoms with E-state index in [-0.39, 0.29) is 12.3 Å². The highest BCUT2D eigenvalue weighted by Crippen LogP contribution is 2.25. The van der Waals surface area contributed by atoms with Crippen LogP contribution in [-0.4, -0.2) is 26.7 Å². The Morgan fingerprint density at radius 3 is 2.46 bits per heavy atom. The van der Waals surface area contributed by atoms with E-state index in [1.165, 1.54) is 0 Å². The molecular weight excluding hydrogens is 349 g/mol. The van der Waals surface area contributed by atoms with Gasteiger partial charge >= 0.3 is 0 Å². The van der Waals surface area contributed by atoms with Gasteiger partial charge in [-0.3, -0.25) is 4.79 Å². The molecule has 0 aromatic heterocycles. The molecular formula is C18H19Cl2NO3. The van der Waals surface area contributed by atoms with Crippen LogP contribution in [0.25, 0.3) is 0 Å². The van der Waals surface area contributed by atoms with Crippen molar-refractivity contribution < 1.29 is 14.3 Å². The summed E-state index contributed by atoms with van der Waals surface area (Å²) in [4.78, 5) is 12.1. The lowest BCUT2D eigenvalue weighted by molar-refractivity contribution is -0.120. The highest BCUT2D eigenvalue weighted by molar-refractivity contribution is 6.35. The Kier molecular flexibility index (Phi) is 6.76. The van der Waals surface area contributed by atoms with E-state index < -0.39 is 0 Å². The molecule has 1 amide bonds. The molecule has 0 heterocycles. The lowest BCUT2D eigenvalue weighted by Crippen LogP contribution is -2.27. The van der Waals surface area contributed by atoms with Crippen LogP contribution in [0.5, 0.6) is 11.5 Å². The predicted molar refractivity (Wildman–Crippen MR) is 96.4 cm³/mol. The molecule has 0 atom stereocenters. The van der Waals surface area contributed by atoms with Gasteiger partial charge in [-0.15, -0.1) is 0 Å².